The molecule has 14 heavy (non-hydrogen) atoms. The average molecular weight is 197 g/mol. The molecule has 1 aromatic rings. The van der Waals surface area contributed by atoms with Crippen molar-refractivity contribution < 1.29 is 9.13 Å². The quantitative estimate of drug-likeness (QED) is 0.690. The average Bonchev–Trinajstić information content (AvgIpc) is 2.11. The highest BCUT2D eigenvalue weighted by molar-refractivity contribution is 5.25. The molecule has 0 aromatic heterocycles. The van der Waals surface area contributed by atoms with Crippen molar-refractivity contribution in [3.8, 4) is 0 Å². The van der Waals surface area contributed by atoms with Gasteiger partial charge in [-0.3, -0.25) is 4.90 Å². The topological polar surface area (TPSA) is 12.5 Å². The first-order chi connectivity index (χ1) is 6.56. The third-order valence-electron chi connectivity index (χ3n) is 2.16. The van der Waals surface area contributed by atoms with Crippen LogP contribution in [0.25, 0.3) is 0 Å². The molecule has 78 valence electrons. The number of nitrogens with zero attached hydrogens (tertiary/aromatic N) is 1. The Kier molecular flexibility index (Phi) is 3.61. The number of hydrogen-bond acceptors (Lipinski definition) is 2. The minimum absolute atomic E-state index is 0.116. The van der Waals surface area contributed by atoms with Crippen LogP contribution >= 0.6 is 0 Å². The van der Waals surface area contributed by atoms with Gasteiger partial charge < -0.3 is 4.74 Å². The predicted octanol–water partition coefficient (Wildman–Crippen LogP) is 2.34. The number of aryl methyl sites for hydroxylation is 1. The largest absolute Gasteiger partial charge is 0.362 e. The zero-order valence-corrected chi connectivity index (χ0v) is 9.04. The molecule has 0 spiro atoms. The van der Waals surface area contributed by atoms with E-state index in [1.54, 1.807) is 20.1 Å². The Hall–Kier alpha value is -0.930. The lowest BCUT2D eigenvalue weighted by molar-refractivity contribution is -0.00548. The molecular formula is C11H16FNO. The molecule has 1 unspecified atom stereocenters. The Labute approximate surface area is 84.3 Å². The van der Waals surface area contributed by atoms with E-state index in [-0.39, 0.29) is 12.0 Å². The lowest BCUT2D eigenvalue weighted by Crippen LogP contribution is -2.21. The fourth-order valence-electron chi connectivity index (χ4n) is 1.47. The number of hydrogen-bond donors (Lipinski definition) is 0. The molecule has 1 aromatic carbocycles. The summed E-state index contributed by atoms with van der Waals surface area (Å²) in [6.07, 6.45) is -0.116. The van der Waals surface area contributed by atoms with Crippen molar-refractivity contribution in [1.82, 2.24) is 4.90 Å². The smallest absolute Gasteiger partial charge is 0.135 e. The minimum atomic E-state index is -0.178. The maximum absolute atomic E-state index is 13.0. The summed E-state index contributed by atoms with van der Waals surface area (Å²) in [7, 11) is 5.49. The van der Waals surface area contributed by atoms with Crippen molar-refractivity contribution in [3.63, 3.8) is 0 Å². The molecule has 0 saturated heterocycles. The molecular weight excluding hydrogens is 181 g/mol. The van der Waals surface area contributed by atoms with Crippen LogP contribution in [-0.4, -0.2) is 26.1 Å². The van der Waals surface area contributed by atoms with E-state index in [0.717, 1.165) is 5.56 Å². The minimum Gasteiger partial charge on any atom is -0.362 e. The van der Waals surface area contributed by atoms with Crippen molar-refractivity contribution in [3.05, 3.63) is 35.1 Å². The van der Waals surface area contributed by atoms with E-state index in [1.165, 1.54) is 6.07 Å². The van der Waals surface area contributed by atoms with Crippen molar-refractivity contribution in [2.24, 2.45) is 0 Å². The summed E-state index contributed by atoms with van der Waals surface area (Å²) < 4.78 is 18.3. The van der Waals surface area contributed by atoms with E-state index in [0.29, 0.717) is 5.56 Å². The van der Waals surface area contributed by atoms with Gasteiger partial charge in [0.25, 0.3) is 0 Å². The van der Waals surface area contributed by atoms with E-state index in [4.69, 9.17) is 4.74 Å². The molecule has 0 saturated carbocycles. The van der Waals surface area contributed by atoms with Crippen LogP contribution in [0, 0.1) is 12.7 Å². The molecule has 1 atom stereocenters. The van der Waals surface area contributed by atoms with E-state index in [1.807, 2.05) is 25.1 Å². The molecule has 0 heterocycles. The van der Waals surface area contributed by atoms with Gasteiger partial charge in [0.05, 0.1) is 0 Å². The lowest BCUT2D eigenvalue weighted by atomic mass is 10.1. The summed E-state index contributed by atoms with van der Waals surface area (Å²) in [6, 6.07) is 5.03. The van der Waals surface area contributed by atoms with Crippen LogP contribution in [0.3, 0.4) is 0 Å². The standard InChI is InChI=1S/C11H16FNO/c1-8-7-9(5-6-10(8)12)11(14-4)13(2)3/h5-7,11H,1-4H3. The maximum Gasteiger partial charge on any atom is 0.135 e. The van der Waals surface area contributed by atoms with Crippen LogP contribution in [0.2, 0.25) is 0 Å². The molecule has 2 nitrogen and oxygen atoms in total. The lowest BCUT2D eigenvalue weighted by Gasteiger charge is -2.23. The molecule has 3 heteroatoms. The summed E-state index contributed by atoms with van der Waals surface area (Å²) in [4.78, 5) is 1.94. The summed E-state index contributed by atoms with van der Waals surface area (Å²) >= 11 is 0. The predicted molar refractivity (Wildman–Crippen MR) is 54.6 cm³/mol. The third kappa shape index (κ3) is 2.30. The Morgan fingerprint density at radius 3 is 2.43 bits per heavy atom. The van der Waals surface area contributed by atoms with Gasteiger partial charge in [0.1, 0.15) is 12.0 Å². The maximum atomic E-state index is 13.0. The Morgan fingerprint density at radius 1 is 1.36 bits per heavy atom. The van der Waals surface area contributed by atoms with Gasteiger partial charge in [-0.05, 0) is 44.3 Å². The van der Waals surface area contributed by atoms with Crippen LogP contribution in [0.15, 0.2) is 18.2 Å². The number of benzene rings is 1. The molecule has 1 rings (SSSR count). The van der Waals surface area contributed by atoms with E-state index in [9.17, 15) is 4.39 Å². The number of rotatable bonds is 3. The van der Waals surface area contributed by atoms with Gasteiger partial charge >= 0.3 is 0 Å². The first kappa shape index (κ1) is 11.1. The summed E-state index contributed by atoms with van der Waals surface area (Å²) in [6.45, 7) is 1.75. The van der Waals surface area contributed by atoms with Crippen molar-refractivity contribution in [2.75, 3.05) is 21.2 Å². The normalized spacial score (nSPS) is 13.3. The molecule has 0 radical (unpaired) electrons. The molecule has 0 aliphatic rings. The van der Waals surface area contributed by atoms with Gasteiger partial charge in [-0.2, -0.15) is 0 Å². The Balaban J connectivity index is 3.00. The SMILES string of the molecule is COC(c1ccc(F)c(C)c1)N(C)C. The van der Waals surface area contributed by atoms with Gasteiger partial charge in [-0.1, -0.05) is 6.07 Å². The third-order valence-corrected chi connectivity index (χ3v) is 2.16. The highest BCUT2D eigenvalue weighted by Crippen LogP contribution is 2.20. The van der Waals surface area contributed by atoms with Crippen LogP contribution in [-0.2, 0) is 4.74 Å². The van der Waals surface area contributed by atoms with Crippen molar-refractivity contribution >= 4 is 0 Å². The van der Waals surface area contributed by atoms with Crippen LogP contribution in [0.1, 0.15) is 17.4 Å². The summed E-state index contributed by atoms with van der Waals surface area (Å²) in [5.41, 5.74) is 1.61. The van der Waals surface area contributed by atoms with E-state index in [2.05, 4.69) is 0 Å². The number of methoxy groups -OCH3 is 1. The first-order valence-electron chi connectivity index (χ1n) is 4.51. The monoisotopic (exact) mass is 197 g/mol. The van der Waals surface area contributed by atoms with Crippen molar-refractivity contribution in [1.29, 1.82) is 0 Å². The molecule has 0 amide bonds. The summed E-state index contributed by atoms with van der Waals surface area (Å²) in [5, 5.41) is 0. The fourth-order valence-corrected chi connectivity index (χ4v) is 1.47. The molecule has 0 aliphatic heterocycles. The van der Waals surface area contributed by atoms with Crippen molar-refractivity contribution in [2.45, 2.75) is 13.2 Å². The Bertz CT molecular complexity index is 312. The second kappa shape index (κ2) is 4.53. The second-order valence-electron chi connectivity index (χ2n) is 3.56. The van der Waals surface area contributed by atoms with Crippen LogP contribution in [0.4, 0.5) is 4.39 Å². The van der Waals surface area contributed by atoms with Gasteiger partial charge in [-0.15, -0.1) is 0 Å². The fraction of sp³-hybridized carbons (Fsp3) is 0.455. The molecule has 0 N–H and O–H groups in total. The van der Waals surface area contributed by atoms with Gasteiger partial charge in [0.15, 0.2) is 0 Å². The second-order valence-corrected chi connectivity index (χ2v) is 3.56. The summed E-state index contributed by atoms with van der Waals surface area (Å²) in [5.74, 6) is -0.178. The molecule has 0 fully saturated rings. The zero-order valence-electron chi connectivity index (χ0n) is 9.04. The van der Waals surface area contributed by atoms with Crippen LogP contribution < -0.4 is 0 Å². The molecule has 0 bridgehead atoms. The number of ether oxygens (including phenoxy) is 1. The van der Waals surface area contributed by atoms with E-state index < -0.39 is 0 Å². The van der Waals surface area contributed by atoms with E-state index >= 15 is 0 Å². The van der Waals surface area contributed by atoms with Gasteiger partial charge in [0, 0.05) is 7.11 Å². The number of halogens is 1. The molecule has 0 aliphatic carbocycles. The zero-order chi connectivity index (χ0) is 10.7. The van der Waals surface area contributed by atoms with Crippen LogP contribution in [0.5, 0.6) is 0 Å². The highest BCUT2D eigenvalue weighted by atomic mass is 19.1. The van der Waals surface area contributed by atoms with Gasteiger partial charge in [0.2, 0.25) is 0 Å². The highest BCUT2D eigenvalue weighted by Gasteiger charge is 2.13. The Morgan fingerprint density at radius 2 is 2.00 bits per heavy atom. The van der Waals surface area contributed by atoms with Gasteiger partial charge in [-0.25, -0.2) is 4.39 Å². The first-order valence-corrected chi connectivity index (χ1v) is 4.51.